The molecule has 1 aliphatic rings. The highest BCUT2D eigenvalue weighted by molar-refractivity contribution is 7.89. The maximum atomic E-state index is 13.8. The highest BCUT2D eigenvalue weighted by Gasteiger charge is 2.41. The predicted molar refractivity (Wildman–Crippen MR) is 155 cm³/mol. The lowest BCUT2D eigenvalue weighted by Crippen LogP contribution is -2.57. The van der Waals surface area contributed by atoms with E-state index in [0.29, 0.717) is 17.9 Å². The maximum Gasteiger partial charge on any atom is 0.253 e. The van der Waals surface area contributed by atoms with Crippen molar-refractivity contribution in [3.8, 4) is 0 Å². The molecule has 0 radical (unpaired) electrons. The zero-order valence-electron chi connectivity index (χ0n) is 23.5. The van der Waals surface area contributed by atoms with Crippen molar-refractivity contribution in [1.82, 2.24) is 19.9 Å². The van der Waals surface area contributed by atoms with Crippen LogP contribution in [-0.4, -0.2) is 48.1 Å². The van der Waals surface area contributed by atoms with E-state index < -0.39 is 22.0 Å². The normalized spacial score (nSPS) is 18.1. The summed E-state index contributed by atoms with van der Waals surface area (Å²) in [5, 5.41) is 5.89. The number of aromatic nitrogens is 1. The Morgan fingerprint density at radius 2 is 1.57 bits per heavy atom. The Morgan fingerprint density at radius 1 is 0.950 bits per heavy atom. The lowest BCUT2D eigenvalue weighted by Gasteiger charge is -2.37. The van der Waals surface area contributed by atoms with E-state index in [1.807, 2.05) is 50.2 Å². The number of hydrogen-bond acceptors (Lipinski definition) is 5. The number of hydrogen-bond donors (Lipinski definition) is 2. The average Bonchev–Trinajstić information content (AvgIpc) is 2.96. The van der Waals surface area contributed by atoms with Crippen molar-refractivity contribution >= 4 is 21.8 Å². The topological polar surface area (TPSA) is 108 Å². The molecule has 0 unspecified atom stereocenters. The molecule has 40 heavy (non-hydrogen) atoms. The molecule has 2 aromatic carbocycles. The number of carbonyl (C=O) groups excluding carboxylic acids is 2. The molecule has 0 saturated carbocycles. The van der Waals surface area contributed by atoms with E-state index in [2.05, 4.69) is 29.5 Å². The molecule has 2 amide bonds. The highest BCUT2D eigenvalue weighted by atomic mass is 32.2. The first kappa shape index (κ1) is 29.4. The number of rotatable bonds is 9. The monoisotopic (exact) mass is 562 g/mol. The Kier molecular flexibility index (Phi) is 9.37. The second-order valence-corrected chi connectivity index (χ2v) is 12.8. The molecular weight excluding hydrogens is 524 g/mol. The zero-order valence-corrected chi connectivity index (χ0v) is 24.3. The molecule has 3 aromatic rings. The van der Waals surface area contributed by atoms with Gasteiger partial charge in [-0.15, -0.1) is 0 Å². The third-order valence-corrected chi connectivity index (χ3v) is 9.30. The lowest BCUT2D eigenvalue weighted by molar-refractivity contribution is -0.126. The number of sulfonamides is 1. The molecule has 4 rings (SSSR count). The summed E-state index contributed by atoms with van der Waals surface area (Å²) in [6.45, 7) is 8.71. The number of amides is 2. The van der Waals surface area contributed by atoms with Crippen LogP contribution in [0, 0.1) is 0 Å². The van der Waals surface area contributed by atoms with Crippen LogP contribution in [0.2, 0.25) is 0 Å². The van der Waals surface area contributed by atoms with Crippen LogP contribution in [-0.2, 0) is 21.4 Å². The number of piperidine rings is 1. The van der Waals surface area contributed by atoms with Gasteiger partial charge in [0, 0.05) is 31.5 Å². The fourth-order valence-electron chi connectivity index (χ4n) is 4.85. The highest BCUT2D eigenvalue weighted by Crippen LogP contribution is 2.27. The molecule has 1 saturated heterocycles. The second-order valence-electron chi connectivity index (χ2n) is 10.9. The Morgan fingerprint density at radius 3 is 2.15 bits per heavy atom. The first-order chi connectivity index (χ1) is 19.1. The van der Waals surface area contributed by atoms with Gasteiger partial charge in [-0.3, -0.25) is 14.6 Å². The third kappa shape index (κ3) is 6.95. The van der Waals surface area contributed by atoms with Gasteiger partial charge in [0.1, 0.15) is 6.04 Å². The Bertz CT molecular complexity index is 1410. The standard InChI is InChI=1S/C31H38N4O4S/c1-21(2)24-9-7-23(8-10-24)19-33-31(37)29-18-27(34-30(36)26-6-5-16-32-20-26)15-17-35(29)40(38,39)28-13-11-25(12-14-28)22(3)4/h5-14,16,20-22,27,29H,15,17-19H2,1-4H3,(H,33,37)(H,34,36)/t27-,29-/m1/s1. The minimum absolute atomic E-state index is 0.105. The summed E-state index contributed by atoms with van der Waals surface area (Å²) in [5.41, 5.74) is 3.58. The smallest absolute Gasteiger partial charge is 0.253 e. The van der Waals surface area contributed by atoms with E-state index in [0.717, 1.165) is 11.1 Å². The molecule has 1 fully saturated rings. The number of pyridine rings is 1. The largest absolute Gasteiger partial charge is 0.351 e. The zero-order chi connectivity index (χ0) is 28.9. The van der Waals surface area contributed by atoms with Crippen LogP contribution in [0.15, 0.2) is 78.0 Å². The van der Waals surface area contributed by atoms with Gasteiger partial charge < -0.3 is 10.6 Å². The van der Waals surface area contributed by atoms with Gasteiger partial charge in [0.25, 0.3) is 5.91 Å². The SMILES string of the molecule is CC(C)c1ccc(CNC(=O)[C@H]2C[C@H](NC(=O)c3cccnc3)CCN2S(=O)(=O)c2ccc(C(C)C)cc2)cc1. The van der Waals surface area contributed by atoms with Gasteiger partial charge in [-0.1, -0.05) is 64.1 Å². The number of nitrogens with zero attached hydrogens (tertiary/aromatic N) is 2. The minimum Gasteiger partial charge on any atom is -0.351 e. The van der Waals surface area contributed by atoms with Crippen LogP contribution >= 0.6 is 0 Å². The van der Waals surface area contributed by atoms with Crippen LogP contribution in [0.4, 0.5) is 0 Å². The fraction of sp³-hybridized carbons (Fsp3) is 0.387. The second kappa shape index (κ2) is 12.7. The van der Waals surface area contributed by atoms with E-state index in [9.17, 15) is 18.0 Å². The molecule has 2 atom stereocenters. The Hall–Kier alpha value is -3.56. The molecule has 0 aliphatic carbocycles. The van der Waals surface area contributed by atoms with Crippen molar-refractivity contribution in [1.29, 1.82) is 0 Å². The van der Waals surface area contributed by atoms with Crippen molar-refractivity contribution in [2.75, 3.05) is 6.54 Å². The quantitative estimate of drug-likeness (QED) is 0.396. The van der Waals surface area contributed by atoms with Gasteiger partial charge in [0.2, 0.25) is 15.9 Å². The van der Waals surface area contributed by atoms with Gasteiger partial charge in [-0.2, -0.15) is 4.31 Å². The summed E-state index contributed by atoms with van der Waals surface area (Å²) in [6, 6.07) is 16.8. The number of carbonyl (C=O) groups is 2. The third-order valence-electron chi connectivity index (χ3n) is 7.38. The summed E-state index contributed by atoms with van der Waals surface area (Å²) in [7, 11) is -3.95. The maximum absolute atomic E-state index is 13.8. The van der Waals surface area contributed by atoms with E-state index in [4.69, 9.17) is 0 Å². The minimum atomic E-state index is -3.95. The Labute approximate surface area is 237 Å². The lowest BCUT2D eigenvalue weighted by atomic mass is 9.98. The van der Waals surface area contributed by atoms with Crippen molar-refractivity contribution in [3.63, 3.8) is 0 Å². The molecule has 2 heterocycles. The summed E-state index contributed by atoms with van der Waals surface area (Å²) in [4.78, 5) is 30.5. The van der Waals surface area contributed by atoms with E-state index in [1.54, 1.807) is 30.5 Å². The molecule has 9 heteroatoms. The van der Waals surface area contributed by atoms with Gasteiger partial charge in [-0.05, 0) is 65.6 Å². The molecule has 212 valence electrons. The Balaban J connectivity index is 1.54. The van der Waals surface area contributed by atoms with Crippen LogP contribution in [0.3, 0.4) is 0 Å². The average molecular weight is 563 g/mol. The van der Waals surface area contributed by atoms with Gasteiger partial charge in [0.15, 0.2) is 0 Å². The van der Waals surface area contributed by atoms with Gasteiger partial charge >= 0.3 is 0 Å². The van der Waals surface area contributed by atoms with Crippen molar-refractivity contribution in [2.45, 2.75) is 75.9 Å². The molecule has 0 spiro atoms. The fourth-order valence-corrected chi connectivity index (χ4v) is 6.47. The van der Waals surface area contributed by atoms with Crippen LogP contribution in [0.25, 0.3) is 0 Å². The summed E-state index contributed by atoms with van der Waals surface area (Å²) in [5.74, 6) is -0.0270. The van der Waals surface area contributed by atoms with Gasteiger partial charge in [-0.25, -0.2) is 8.42 Å². The van der Waals surface area contributed by atoms with Gasteiger partial charge in [0.05, 0.1) is 10.5 Å². The van der Waals surface area contributed by atoms with Crippen molar-refractivity contribution in [3.05, 3.63) is 95.3 Å². The molecule has 1 aliphatic heterocycles. The van der Waals surface area contributed by atoms with Crippen molar-refractivity contribution in [2.24, 2.45) is 0 Å². The predicted octanol–water partition coefficient (Wildman–Crippen LogP) is 4.60. The van der Waals surface area contributed by atoms with Crippen LogP contribution in [0.5, 0.6) is 0 Å². The summed E-state index contributed by atoms with van der Waals surface area (Å²) >= 11 is 0. The van der Waals surface area contributed by atoms with Crippen molar-refractivity contribution < 1.29 is 18.0 Å². The van der Waals surface area contributed by atoms with E-state index in [-0.39, 0.29) is 42.3 Å². The first-order valence-electron chi connectivity index (χ1n) is 13.8. The summed E-state index contributed by atoms with van der Waals surface area (Å²) < 4.78 is 28.8. The number of benzene rings is 2. The van der Waals surface area contributed by atoms with E-state index in [1.165, 1.54) is 16.1 Å². The first-order valence-corrected chi connectivity index (χ1v) is 15.2. The summed E-state index contributed by atoms with van der Waals surface area (Å²) in [6.07, 6.45) is 3.61. The van der Waals surface area contributed by atoms with Crippen LogP contribution in [0.1, 0.15) is 79.4 Å². The molecule has 0 bridgehead atoms. The number of nitrogens with one attached hydrogen (secondary N) is 2. The molecule has 1 aromatic heterocycles. The molecular formula is C31H38N4O4S. The molecule has 8 nitrogen and oxygen atoms in total. The van der Waals surface area contributed by atoms with Crippen LogP contribution < -0.4 is 10.6 Å². The van der Waals surface area contributed by atoms with E-state index >= 15 is 0 Å². The molecule has 2 N–H and O–H groups in total.